The number of oxazole rings is 1. The van der Waals surface area contributed by atoms with E-state index < -0.39 is 5.76 Å². The highest BCUT2D eigenvalue weighted by Crippen LogP contribution is 1.63. The normalized spacial score (nSPS) is 8.33. The van der Waals surface area contributed by atoms with Gasteiger partial charge in [-0.3, -0.25) is 4.98 Å². The van der Waals surface area contributed by atoms with Gasteiger partial charge in [-0.1, -0.05) is 0 Å². The lowest BCUT2D eigenvalue weighted by atomic mass is 11.0. The second kappa shape index (κ2) is 4.78. The van der Waals surface area contributed by atoms with Gasteiger partial charge in [0.1, 0.15) is 25.2 Å². The molecule has 6 nitrogen and oxygen atoms in total. The summed E-state index contributed by atoms with van der Waals surface area (Å²) in [5.41, 5.74) is 0. The Bertz CT molecular complexity index is 298. The van der Waals surface area contributed by atoms with Crippen LogP contribution in [0.2, 0.25) is 0 Å². The highest BCUT2D eigenvalue weighted by atomic mass is 16.4. The van der Waals surface area contributed by atoms with Crippen molar-refractivity contribution in [1.82, 2.24) is 19.9 Å². The van der Waals surface area contributed by atoms with E-state index in [0.29, 0.717) is 0 Å². The summed E-state index contributed by atoms with van der Waals surface area (Å²) in [5, 5.41) is 0. The van der Waals surface area contributed by atoms with Gasteiger partial charge in [0.2, 0.25) is 0 Å². The molecule has 0 spiro atoms. The SMILES string of the molecule is O=c1[nH]cco1.c1ncncn1. The lowest BCUT2D eigenvalue weighted by Gasteiger charge is -1.69. The van der Waals surface area contributed by atoms with Crippen molar-refractivity contribution in [1.29, 1.82) is 0 Å². The maximum Gasteiger partial charge on any atom is 0.416 e. The second-order valence-corrected chi connectivity index (χ2v) is 1.65. The van der Waals surface area contributed by atoms with Crippen LogP contribution < -0.4 is 5.76 Å². The summed E-state index contributed by atoms with van der Waals surface area (Å²) in [6.07, 6.45) is 7.04. The standard InChI is InChI=1S/C3H3N3.C3H3NO2/c1-4-2-6-3-5-1;5-3-4-1-2-6-3/h1-3H;1-2H,(H,4,5). The summed E-state index contributed by atoms with van der Waals surface area (Å²) in [6, 6.07) is 0. The van der Waals surface area contributed by atoms with Crippen LogP contribution in [0.5, 0.6) is 0 Å². The van der Waals surface area contributed by atoms with Crippen molar-refractivity contribution in [2.75, 3.05) is 0 Å². The van der Waals surface area contributed by atoms with E-state index in [4.69, 9.17) is 0 Å². The van der Waals surface area contributed by atoms with Gasteiger partial charge in [-0.25, -0.2) is 19.7 Å². The Morgan fingerprint density at radius 1 is 1.17 bits per heavy atom. The molecule has 0 amide bonds. The van der Waals surface area contributed by atoms with Gasteiger partial charge in [-0.05, 0) is 0 Å². The average molecular weight is 166 g/mol. The van der Waals surface area contributed by atoms with Gasteiger partial charge in [0, 0.05) is 6.20 Å². The number of hydrogen-bond donors (Lipinski definition) is 1. The van der Waals surface area contributed by atoms with E-state index in [1.54, 1.807) is 0 Å². The summed E-state index contributed by atoms with van der Waals surface area (Å²) in [4.78, 5) is 22.8. The second-order valence-electron chi connectivity index (χ2n) is 1.65. The number of H-pyrrole nitrogens is 1. The third-order valence-electron chi connectivity index (χ3n) is 0.844. The van der Waals surface area contributed by atoms with Crippen molar-refractivity contribution in [2.45, 2.75) is 0 Å². The first-order valence-electron chi connectivity index (χ1n) is 3.07. The fourth-order valence-corrected chi connectivity index (χ4v) is 0.437. The smallest absolute Gasteiger partial charge is 0.416 e. The van der Waals surface area contributed by atoms with E-state index in [0.717, 1.165) is 0 Å². The first kappa shape index (κ1) is 8.12. The van der Waals surface area contributed by atoms with Gasteiger partial charge < -0.3 is 4.42 Å². The lowest BCUT2D eigenvalue weighted by Crippen LogP contribution is -1.91. The average Bonchev–Trinajstić information content (AvgIpc) is 2.60. The van der Waals surface area contributed by atoms with E-state index in [2.05, 4.69) is 24.4 Å². The molecule has 62 valence electrons. The molecule has 0 saturated carbocycles. The third kappa shape index (κ3) is 3.25. The van der Waals surface area contributed by atoms with Gasteiger partial charge in [-0.15, -0.1) is 0 Å². The molecule has 0 saturated heterocycles. The molecule has 0 aliphatic carbocycles. The summed E-state index contributed by atoms with van der Waals surface area (Å²) >= 11 is 0. The van der Waals surface area contributed by atoms with Crippen LogP contribution in [-0.2, 0) is 0 Å². The predicted octanol–water partition coefficient (Wildman–Crippen LogP) is -0.160. The van der Waals surface area contributed by atoms with Crippen molar-refractivity contribution < 1.29 is 4.42 Å². The molecule has 12 heavy (non-hydrogen) atoms. The van der Waals surface area contributed by atoms with Crippen molar-refractivity contribution in [2.24, 2.45) is 0 Å². The van der Waals surface area contributed by atoms with Crippen LogP contribution >= 0.6 is 0 Å². The Balaban J connectivity index is 0.000000120. The van der Waals surface area contributed by atoms with E-state index in [1.165, 1.54) is 31.4 Å². The van der Waals surface area contributed by atoms with Crippen molar-refractivity contribution in [3.63, 3.8) is 0 Å². The Kier molecular flexibility index (Phi) is 3.23. The van der Waals surface area contributed by atoms with Crippen molar-refractivity contribution >= 4 is 0 Å². The molecular weight excluding hydrogens is 160 g/mol. The minimum absolute atomic E-state index is 0.407. The number of rotatable bonds is 0. The molecule has 2 aromatic rings. The first-order valence-corrected chi connectivity index (χ1v) is 3.07. The monoisotopic (exact) mass is 166 g/mol. The summed E-state index contributed by atoms with van der Waals surface area (Å²) < 4.78 is 4.22. The number of nitrogens with one attached hydrogen (secondary N) is 1. The summed E-state index contributed by atoms with van der Waals surface area (Å²) in [5.74, 6) is -0.407. The molecule has 0 aliphatic heterocycles. The molecule has 2 rings (SSSR count). The van der Waals surface area contributed by atoms with Crippen LogP contribution in [0.4, 0.5) is 0 Å². The van der Waals surface area contributed by atoms with Crippen LogP contribution in [0.1, 0.15) is 0 Å². The minimum atomic E-state index is -0.407. The largest absolute Gasteiger partial charge is 0.417 e. The van der Waals surface area contributed by atoms with Gasteiger partial charge in [0.15, 0.2) is 0 Å². The Morgan fingerprint density at radius 3 is 1.92 bits per heavy atom. The molecule has 6 heteroatoms. The quantitative estimate of drug-likeness (QED) is 0.587. The van der Waals surface area contributed by atoms with E-state index >= 15 is 0 Å². The van der Waals surface area contributed by atoms with Crippen LogP contribution in [0, 0.1) is 0 Å². The Morgan fingerprint density at radius 2 is 1.75 bits per heavy atom. The van der Waals surface area contributed by atoms with Gasteiger partial charge in [0.05, 0.1) is 0 Å². The highest BCUT2D eigenvalue weighted by Gasteiger charge is 1.72. The number of aromatic amines is 1. The third-order valence-corrected chi connectivity index (χ3v) is 0.844. The molecule has 0 aromatic carbocycles. The highest BCUT2D eigenvalue weighted by molar-refractivity contribution is 4.58. The van der Waals surface area contributed by atoms with Crippen LogP contribution in [0.3, 0.4) is 0 Å². The molecule has 0 bridgehead atoms. The molecule has 0 radical (unpaired) electrons. The molecule has 1 N–H and O–H groups in total. The van der Waals surface area contributed by atoms with Gasteiger partial charge in [0.25, 0.3) is 0 Å². The minimum Gasteiger partial charge on any atom is -0.417 e. The zero-order chi connectivity index (χ0) is 8.65. The van der Waals surface area contributed by atoms with Crippen LogP contribution in [-0.4, -0.2) is 19.9 Å². The van der Waals surface area contributed by atoms with Crippen LogP contribution in [0.25, 0.3) is 0 Å². The maximum atomic E-state index is 9.85. The molecule has 0 aliphatic rings. The summed E-state index contributed by atoms with van der Waals surface area (Å²) in [7, 11) is 0. The van der Waals surface area contributed by atoms with Gasteiger partial charge >= 0.3 is 5.76 Å². The number of nitrogens with zero attached hydrogens (tertiary/aromatic N) is 3. The lowest BCUT2D eigenvalue weighted by molar-refractivity contribution is 0.515. The fourth-order valence-electron chi connectivity index (χ4n) is 0.437. The molecular formula is C6H6N4O2. The molecule has 0 unspecified atom stereocenters. The molecule has 2 aromatic heterocycles. The number of aromatic nitrogens is 4. The summed E-state index contributed by atoms with van der Waals surface area (Å²) in [6.45, 7) is 0. The zero-order valence-electron chi connectivity index (χ0n) is 6.04. The van der Waals surface area contributed by atoms with Crippen LogP contribution in [0.15, 0.2) is 40.7 Å². The van der Waals surface area contributed by atoms with E-state index in [-0.39, 0.29) is 0 Å². The van der Waals surface area contributed by atoms with Gasteiger partial charge in [-0.2, -0.15) is 0 Å². The topological polar surface area (TPSA) is 84.7 Å². The van der Waals surface area contributed by atoms with Crippen molar-refractivity contribution in [3.8, 4) is 0 Å². The predicted molar refractivity (Wildman–Crippen MR) is 39.2 cm³/mol. The van der Waals surface area contributed by atoms with Crippen molar-refractivity contribution in [3.05, 3.63) is 42.0 Å². The fraction of sp³-hybridized carbons (Fsp3) is 0. The molecule has 2 heterocycles. The molecule has 0 fully saturated rings. The number of hydrogen-bond acceptors (Lipinski definition) is 5. The van der Waals surface area contributed by atoms with E-state index in [9.17, 15) is 4.79 Å². The maximum absolute atomic E-state index is 9.85. The van der Waals surface area contributed by atoms with E-state index in [1.807, 2.05) is 0 Å². The Hall–Kier alpha value is -1.98. The first-order chi connectivity index (χ1) is 5.89. The molecule has 0 atom stereocenters. The Labute approximate surface area is 67.3 Å². The zero-order valence-corrected chi connectivity index (χ0v) is 6.04.